The molecule has 2 fully saturated rings. The van der Waals surface area contributed by atoms with E-state index in [0.29, 0.717) is 24.1 Å². The summed E-state index contributed by atoms with van der Waals surface area (Å²) in [5.74, 6) is 1.09. The molecule has 4 nitrogen and oxygen atoms in total. The molecule has 2 rings (SSSR count). The van der Waals surface area contributed by atoms with Crippen molar-refractivity contribution in [1.82, 2.24) is 4.31 Å². The topological polar surface area (TPSA) is 57.6 Å². The van der Waals surface area contributed by atoms with Crippen LogP contribution in [0.25, 0.3) is 0 Å². The summed E-state index contributed by atoms with van der Waals surface area (Å²) in [7, 11) is -1.38. The predicted octanol–water partition coefficient (Wildman–Crippen LogP) is 0.429. The Morgan fingerprint density at radius 2 is 1.87 bits per heavy atom. The zero-order valence-electron chi connectivity index (χ0n) is 9.09. The molecule has 0 bridgehead atoms. The standard InChI is InChI=1S/C10H19NO3S/c1-11(6-9-4-10(12)5-9)15(13,14)7-8-2-3-8/h8-10,12H,2-7H2,1H3. The third-order valence-corrected chi connectivity index (χ3v) is 5.34. The van der Waals surface area contributed by atoms with Crippen molar-refractivity contribution < 1.29 is 13.5 Å². The molecule has 0 radical (unpaired) electrons. The predicted molar refractivity (Wildman–Crippen MR) is 57.9 cm³/mol. The van der Waals surface area contributed by atoms with E-state index in [9.17, 15) is 8.42 Å². The molecule has 2 aliphatic carbocycles. The first-order valence-corrected chi connectivity index (χ1v) is 7.20. The van der Waals surface area contributed by atoms with Crippen molar-refractivity contribution >= 4 is 10.0 Å². The highest BCUT2D eigenvalue weighted by molar-refractivity contribution is 7.89. The molecule has 2 saturated carbocycles. The Morgan fingerprint density at radius 3 is 2.33 bits per heavy atom. The maximum absolute atomic E-state index is 11.8. The Morgan fingerprint density at radius 1 is 1.27 bits per heavy atom. The smallest absolute Gasteiger partial charge is 0.214 e. The molecule has 0 aromatic heterocycles. The van der Waals surface area contributed by atoms with Gasteiger partial charge >= 0.3 is 0 Å². The van der Waals surface area contributed by atoms with E-state index in [1.807, 2.05) is 0 Å². The minimum absolute atomic E-state index is 0.200. The molecule has 0 aromatic rings. The lowest BCUT2D eigenvalue weighted by Crippen LogP contribution is -2.40. The fourth-order valence-corrected chi connectivity index (χ4v) is 3.66. The van der Waals surface area contributed by atoms with Crippen molar-refractivity contribution in [2.45, 2.75) is 31.8 Å². The first-order valence-electron chi connectivity index (χ1n) is 5.59. The van der Waals surface area contributed by atoms with Gasteiger partial charge in [-0.25, -0.2) is 12.7 Å². The molecule has 0 aromatic carbocycles. The normalized spacial score (nSPS) is 31.7. The summed E-state index contributed by atoms with van der Waals surface area (Å²) in [4.78, 5) is 0. The minimum atomic E-state index is -3.03. The van der Waals surface area contributed by atoms with Crippen LogP contribution in [0.4, 0.5) is 0 Å². The SMILES string of the molecule is CN(CC1CC(O)C1)S(=O)(=O)CC1CC1. The van der Waals surface area contributed by atoms with E-state index < -0.39 is 10.0 Å². The average molecular weight is 233 g/mol. The van der Waals surface area contributed by atoms with Crippen LogP contribution in [0.15, 0.2) is 0 Å². The lowest BCUT2D eigenvalue weighted by Gasteiger charge is -2.34. The molecule has 2 aliphatic rings. The fourth-order valence-electron chi connectivity index (χ4n) is 2.04. The second kappa shape index (κ2) is 4.03. The number of hydrogen-bond donors (Lipinski definition) is 1. The lowest BCUT2D eigenvalue weighted by molar-refractivity contribution is 0.0367. The first kappa shape index (κ1) is 11.4. The van der Waals surface area contributed by atoms with Gasteiger partial charge in [0.05, 0.1) is 11.9 Å². The monoisotopic (exact) mass is 233 g/mol. The summed E-state index contributed by atoms with van der Waals surface area (Å²) in [6.07, 6.45) is 3.44. The van der Waals surface area contributed by atoms with E-state index in [0.717, 1.165) is 25.7 Å². The molecule has 0 unspecified atom stereocenters. The quantitative estimate of drug-likeness (QED) is 0.749. The van der Waals surface area contributed by atoms with E-state index in [2.05, 4.69) is 0 Å². The van der Waals surface area contributed by atoms with Crippen molar-refractivity contribution in [3.8, 4) is 0 Å². The molecule has 88 valence electrons. The van der Waals surface area contributed by atoms with Crippen LogP contribution in [0.1, 0.15) is 25.7 Å². The van der Waals surface area contributed by atoms with Crippen LogP contribution < -0.4 is 0 Å². The summed E-state index contributed by atoms with van der Waals surface area (Å²) < 4.78 is 25.1. The van der Waals surface area contributed by atoms with Crippen LogP contribution in [-0.2, 0) is 10.0 Å². The maximum atomic E-state index is 11.8. The summed E-state index contributed by atoms with van der Waals surface area (Å²) in [6, 6.07) is 0. The Balaban J connectivity index is 1.80. The Kier molecular flexibility index (Phi) is 3.05. The third kappa shape index (κ3) is 2.92. The van der Waals surface area contributed by atoms with Crippen molar-refractivity contribution in [2.24, 2.45) is 11.8 Å². The molecule has 0 aliphatic heterocycles. The number of hydrogen-bond acceptors (Lipinski definition) is 3. The minimum Gasteiger partial charge on any atom is -0.393 e. The van der Waals surface area contributed by atoms with E-state index in [-0.39, 0.29) is 6.10 Å². The third-order valence-electron chi connectivity index (χ3n) is 3.34. The van der Waals surface area contributed by atoms with Gasteiger partial charge in [0.15, 0.2) is 0 Å². The zero-order chi connectivity index (χ0) is 11.1. The Bertz CT molecular complexity index is 318. The molecule has 0 saturated heterocycles. The molecule has 1 N–H and O–H groups in total. The number of nitrogens with zero attached hydrogens (tertiary/aromatic N) is 1. The van der Waals surface area contributed by atoms with Crippen molar-refractivity contribution in [2.75, 3.05) is 19.3 Å². The fraction of sp³-hybridized carbons (Fsp3) is 1.00. The van der Waals surface area contributed by atoms with E-state index >= 15 is 0 Å². The largest absolute Gasteiger partial charge is 0.393 e. The number of aliphatic hydroxyl groups is 1. The summed E-state index contributed by atoms with van der Waals surface area (Å²) >= 11 is 0. The molecule has 0 spiro atoms. The van der Waals surface area contributed by atoms with Gasteiger partial charge in [-0.15, -0.1) is 0 Å². The first-order chi connectivity index (χ1) is 6.97. The summed E-state index contributed by atoms with van der Waals surface area (Å²) in [6.45, 7) is 0.576. The molecule has 0 amide bonds. The highest BCUT2D eigenvalue weighted by Crippen LogP contribution is 2.32. The Labute approximate surface area is 91.3 Å². The van der Waals surface area contributed by atoms with E-state index in [1.54, 1.807) is 7.05 Å². The second-order valence-corrected chi connectivity index (χ2v) is 7.11. The van der Waals surface area contributed by atoms with Crippen molar-refractivity contribution in [3.63, 3.8) is 0 Å². The molecule has 0 heterocycles. The summed E-state index contributed by atoms with van der Waals surface area (Å²) in [5.41, 5.74) is 0. The van der Waals surface area contributed by atoms with Crippen LogP contribution in [0.3, 0.4) is 0 Å². The molecular weight excluding hydrogens is 214 g/mol. The molecule has 5 heteroatoms. The molecule has 15 heavy (non-hydrogen) atoms. The van der Waals surface area contributed by atoms with Gasteiger partial charge in [-0.1, -0.05) is 0 Å². The highest BCUT2D eigenvalue weighted by Gasteiger charge is 2.34. The number of aliphatic hydroxyl groups excluding tert-OH is 1. The Hall–Kier alpha value is -0.130. The molecule has 0 atom stereocenters. The van der Waals surface area contributed by atoms with Gasteiger partial charge in [0.25, 0.3) is 0 Å². The van der Waals surface area contributed by atoms with Crippen LogP contribution >= 0.6 is 0 Å². The van der Waals surface area contributed by atoms with Crippen molar-refractivity contribution in [1.29, 1.82) is 0 Å². The van der Waals surface area contributed by atoms with Gasteiger partial charge in [-0.2, -0.15) is 0 Å². The number of sulfonamides is 1. The van der Waals surface area contributed by atoms with Crippen LogP contribution in [0.5, 0.6) is 0 Å². The maximum Gasteiger partial charge on any atom is 0.214 e. The van der Waals surface area contributed by atoms with Gasteiger partial charge < -0.3 is 5.11 Å². The van der Waals surface area contributed by atoms with Gasteiger partial charge in [0.2, 0.25) is 10.0 Å². The van der Waals surface area contributed by atoms with Gasteiger partial charge in [0, 0.05) is 13.6 Å². The van der Waals surface area contributed by atoms with E-state index in [1.165, 1.54) is 4.31 Å². The summed E-state index contributed by atoms with van der Waals surface area (Å²) in [5, 5.41) is 9.12. The second-order valence-electron chi connectivity index (χ2n) is 4.99. The zero-order valence-corrected chi connectivity index (χ0v) is 9.91. The number of rotatable bonds is 5. The van der Waals surface area contributed by atoms with Crippen LogP contribution in [-0.4, -0.2) is 43.3 Å². The van der Waals surface area contributed by atoms with Crippen LogP contribution in [0, 0.1) is 11.8 Å². The average Bonchev–Trinajstić information content (AvgIpc) is 2.84. The van der Waals surface area contributed by atoms with Crippen LogP contribution in [0.2, 0.25) is 0 Å². The van der Waals surface area contributed by atoms with Crippen molar-refractivity contribution in [3.05, 3.63) is 0 Å². The van der Waals surface area contributed by atoms with Gasteiger partial charge in [-0.05, 0) is 37.5 Å². The molecular formula is C10H19NO3S. The van der Waals surface area contributed by atoms with Gasteiger partial charge in [0.1, 0.15) is 0 Å². The van der Waals surface area contributed by atoms with Gasteiger partial charge in [-0.3, -0.25) is 0 Å². The highest BCUT2D eigenvalue weighted by atomic mass is 32.2. The lowest BCUT2D eigenvalue weighted by atomic mass is 9.82. The van der Waals surface area contributed by atoms with E-state index in [4.69, 9.17) is 5.11 Å².